The standard InChI is InChI=1S/C23H19ClN8O8S2/c1-9(21(35)36)40-30-13(12-16(24)42-23(25)28-12)17(33)27-14-19(34)32-15(22(37)38)11(7-41-20(14)32)6-31-4-2-10(3-5-31)18-29-26-8-39-18/h2-5,8-9,14,20H,6-7H2,1H3,(H4-,25,27,28,33,35,36,37,38)/p+1/t9-,14+,20+/m0/s1. The first-order valence-electron chi connectivity index (χ1n) is 11.9. The molecule has 0 unspecified atom stereocenters. The summed E-state index contributed by atoms with van der Waals surface area (Å²) in [6, 6.07) is 2.35. The van der Waals surface area contributed by atoms with Gasteiger partial charge in [0, 0.05) is 23.5 Å². The Kier molecular flexibility index (Phi) is 8.10. The van der Waals surface area contributed by atoms with Gasteiger partial charge in [0.2, 0.25) is 18.4 Å². The zero-order valence-corrected chi connectivity index (χ0v) is 23.7. The van der Waals surface area contributed by atoms with Crippen molar-refractivity contribution in [3.8, 4) is 11.5 Å². The molecule has 3 aromatic heterocycles. The highest BCUT2D eigenvalue weighted by atomic mass is 35.5. The fraction of sp³-hybridized carbons (Fsp3) is 0.261. The third kappa shape index (κ3) is 5.63. The summed E-state index contributed by atoms with van der Waals surface area (Å²) in [6.45, 7) is 1.38. The van der Waals surface area contributed by atoms with Gasteiger partial charge < -0.3 is 30.5 Å². The molecule has 19 heteroatoms. The van der Waals surface area contributed by atoms with Crippen molar-refractivity contribution in [2.24, 2.45) is 5.16 Å². The molecule has 0 spiro atoms. The van der Waals surface area contributed by atoms with Crippen LogP contribution in [0.15, 0.2) is 51.8 Å². The van der Waals surface area contributed by atoms with E-state index in [1.165, 1.54) is 25.1 Å². The van der Waals surface area contributed by atoms with Crippen molar-refractivity contribution >= 4 is 69.3 Å². The molecule has 1 saturated heterocycles. The number of nitrogen functional groups attached to an aromatic ring is 1. The monoisotopic (exact) mass is 635 g/mol. The molecule has 3 atom stereocenters. The van der Waals surface area contributed by atoms with Gasteiger partial charge in [0.05, 0.1) is 5.56 Å². The van der Waals surface area contributed by atoms with Crippen molar-refractivity contribution < 1.29 is 43.2 Å². The van der Waals surface area contributed by atoms with Gasteiger partial charge in [0.15, 0.2) is 29.8 Å². The number of fused-ring (bicyclic) bond motifs is 1. The normalized spacial score (nSPS) is 19.1. The van der Waals surface area contributed by atoms with Gasteiger partial charge in [-0.05, 0) is 6.92 Å². The van der Waals surface area contributed by atoms with Crippen molar-refractivity contribution in [3.05, 3.63) is 52.2 Å². The lowest BCUT2D eigenvalue weighted by atomic mass is 10.0. The van der Waals surface area contributed by atoms with Crippen LogP contribution in [0.5, 0.6) is 0 Å². The summed E-state index contributed by atoms with van der Waals surface area (Å²) in [5, 5.41) is 32.0. The predicted molar refractivity (Wildman–Crippen MR) is 146 cm³/mol. The molecule has 42 heavy (non-hydrogen) atoms. The van der Waals surface area contributed by atoms with E-state index in [2.05, 4.69) is 25.7 Å². The van der Waals surface area contributed by atoms with E-state index in [9.17, 15) is 24.3 Å². The average Bonchev–Trinajstić information content (AvgIpc) is 3.61. The largest absolute Gasteiger partial charge is 0.478 e. The number of carboxylic acids is 2. The summed E-state index contributed by atoms with van der Waals surface area (Å²) in [5.74, 6) is -3.64. The summed E-state index contributed by atoms with van der Waals surface area (Å²) < 4.78 is 6.91. The molecule has 0 saturated carbocycles. The molecule has 0 bridgehead atoms. The maximum atomic E-state index is 13.2. The van der Waals surface area contributed by atoms with Crippen molar-refractivity contribution in [1.29, 1.82) is 0 Å². The lowest BCUT2D eigenvalue weighted by Gasteiger charge is -2.49. The topological polar surface area (TPSA) is 227 Å². The van der Waals surface area contributed by atoms with Gasteiger partial charge in [0.1, 0.15) is 27.1 Å². The SMILES string of the molecule is C[C@H](ON=C(C(=O)N[C@@H]1C(=O)N2C(C(=O)O)=C(C[n+]3ccc(-c4nnco4)cc3)CS[C@H]12)c1nc(N)sc1Cl)C(=O)O. The van der Waals surface area contributed by atoms with Crippen molar-refractivity contribution in [1.82, 2.24) is 25.4 Å². The van der Waals surface area contributed by atoms with Gasteiger partial charge in [-0.2, -0.15) is 0 Å². The Hall–Kier alpha value is -4.55. The third-order valence-electron chi connectivity index (χ3n) is 6.10. The molecule has 5 heterocycles. The maximum absolute atomic E-state index is 13.2. The first kappa shape index (κ1) is 29.0. The number of carboxylic acid groups (broad SMARTS) is 2. The highest BCUT2D eigenvalue weighted by Crippen LogP contribution is 2.40. The number of oxime groups is 1. The van der Waals surface area contributed by atoms with Crippen molar-refractivity contribution in [2.75, 3.05) is 11.5 Å². The molecule has 5 N–H and O–H groups in total. The Morgan fingerprint density at radius 1 is 1.36 bits per heavy atom. The molecule has 16 nitrogen and oxygen atoms in total. The molecule has 0 aromatic carbocycles. The highest BCUT2D eigenvalue weighted by Gasteiger charge is 2.55. The highest BCUT2D eigenvalue weighted by molar-refractivity contribution is 8.00. The van der Waals surface area contributed by atoms with Gasteiger partial charge >= 0.3 is 11.9 Å². The van der Waals surface area contributed by atoms with Crippen LogP contribution in [0.4, 0.5) is 5.13 Å². The second-order valence-corrected chi connectivity index (χ2v) is 11.6. The number of pyridine rings is 1. The molecule has 1 fully saturated rings. The number of hydrogen-bond donors (Lipinski definition) is 4. The number of thiazole rings is 1. The number of nitrogens with zero attached hydrogens (tertiary/aromatic N) is 6. The van der Waals surface area contributed by atoms with E-state index in [1.807, 2.05) is 0 Å². The number of amides is 2. The average molecular weight is 636 g/mol. The van der Waals surface area contributed by atoms with Crippen molar-refractivity contribution in [3.63, 3.8) is 0 Å². The fourth-order valence-electron chi connectivity index (χ4n) is 4.07. The van der Waals surface area contributed by atoms with Gasteiger partial charge in [-0.15, -0.1) is 22.0 Å². The fourth-order valence-corrected chi connectivity index (χ4v) is 6.33. The molecule has 5 rings (SSSR count). The number of hydrogen-bond acceptors (Lipinski definition) is 13. The van der Waals surface area contributed by atoms with E-state index in [-0.39, 0.29) is 33.2 Å². The quantitative estimate of drug-likeness (QED) is 0.102. The van der Waals surface area contributed by atoms with Gasteiger partial charge in [-0.25, -0.2) is 19.1 Å². The first-order valence-corrected chi connectivity index (χ1v) is 14.1. The predicted octanol–water partition coefficient (Wildman–Crippen LogP) is 0.349. The molecule has 2 amide bonds. The maximum Gasteiger partial charge on any atom is 0.352 e. The third-order valence-corrected chi connectivity index (χ3v) is 8.52. The summed E-state index contributed by atoms with van der Waals surface area (Å²) >= 11 is 8.26. The van der Waals surface area contributed by atoms with E-state index in [0.717, 1.165) is 16.2 Å². The second kappa shape index (κ2) is 11.7. The number of carbonyl (C=O) groups is 4. The Labute approximate surface area is 248 Å². The molecule has 218 valence electrons. The minimum Gasteiger partial charge on any atom is -0.478 e. The van der Waals surface area contributed by atoms with E-state index in [0.29, 0.717) is 17.0 Å². The number of thioether (sulfide) groups is 1. The number of carbonyl (C=O) groups excluding carboxylic acids is 2. The van der Waals surface area contributed by atoms with Gasteiger partial charge in [-0.3, -0.25) is 14.5 Å². The van der Waals surface area contributed by atoms with Crippen LogP contribution in [-0.2, 0) is 30.6 Å². The van der Waals surface area contributed by atoms with E-state index in [1.54, 1.807) is 29.1 Å². The number of β-lactam (4-membered cyclic amide) rings is 1. The van der Waals surface area contributed by atoms with E-state index in [4.69, 9.17) is 31.7 Å². The number of anilines is 1. The molecule has 3 aromatic rings. The van der Waals surface area contributed by atoms with Crippen LogP contribution in [0.3, 0.4) is 0 Å². The van der Waals surface area contributed by atoms with Crippen LogP contribution in [-0.4, -0.2) is 83.0 Å². The van der Waals surface area contributed by atoms with Gasteiger partial charge in [0.25, 0.3) is 11.8 Å². The van der Waals surface area contributed by atoms with Crippen LogP contribution in [0.25, 0.3) is 11.5 Å². The molecule has 2 aliphatic heterocycles. The zero-order chi connectivity index (χ0) is 30.1. The smallest absolute Gasteiger partial charge is 0.352 e. The number of nitrogens with one attached hydrogen (secondary N) is 1. The number of halogens is 1. The van der Waals surface area contributed by atoms with Crippen LogP contribution in [0, 0.1) is 0 Å². The van der Waals surface area contributed by atoms with Gasteiger partial charge in [-0.1, -0.05) is 28.1 Å². The Morgan fingerprint density at radius 2 is 2.10 bits per heavy atom. The Morgan fingerprint density at radius 3 is 2.69 bits per heavy atom. The Bertz CT molecular complexity index is 1630. The van der Waals surface area contributed by atoms with Crippen LogP contribution >= 0.6 is 34.7 Å². The summed E-state index contributed by atoms with van der Waals surface area (Å²) in [6.07, 6.45) is 3.23. The number of aromatic nitrogens is 4. The minimum absolute atomic E-state index is 0.00931. The van der Waals surface area contributed by atoms with Crippen LogP contribution in [0.1, 0.15) is 12.6 Å². The lowest BCUT2D eigenvalue weighted by molar-refractivity contribution is -0.689. The summed E-state index contributed by atoms with van der Waals surface area (Å²) in [4.78, 5) is 59.8. The second-order valence-electron chi connectivity index (χ2n) is 8.82. The van der Waals surface area contributed by atoms with Crippen LogP contribution in [0.2, 0.25) is 4.34 Å². The van der Waals surface area contributed by atoms with Crippen LogP contribution < -0.4 is 15.6 Å². The van der Waals surface area contributed by atoms with Crippen molar-refractivity contribution in [2.45, 2.75) is 31.0 Å². The van der Waals surface area contributed by atoms with E-state index >= 15 is 0 Å². The molecule has 2 aliphatic rings. The molecule has 0 radical (unpaired) electrons. The summed E-state index contributed by atoms with van der Waals surface area (Å²) in [5.41, 5.74) is 6.01. The summed E-state index contributed by atoms with van der Waals surface area (Å²) in [7, 11) is 0. The molecular weight excluding hydrogens is 616 g/mol. The van der Waals surface area contributed by atoms with E-state index < -0.39 is 47.0 Å². The zero-order valence-electron chi connectivity index (χ0n) is 21.3. The minimum atomic E-state index is -1.41. The number of aliphatic carboxylic acids is 2. The Balaban J connectivity index is 1.34. The number of rotatable bonds is 10. The first-order chi connectivity index (χ1) is 20.0. The molecule has 0 aliphatic carbocycles. The number of nitrogens with two attached hydrogens (primary N) is 1. The lowest BCUT2D eigenvalue weighted by Crippen LogP contribution is -2.71. The molecular formula is C23H20ClN8O8S2+.